The number of benzene rings is 2. The minimum Gasteiger partial charge on any atom is -0.462 e. The summed E-state index contributed by atoms with van der Waals surface area (Å²) in [5, 5.41) is 2.79. The number of anilines is 1. The molecule has 0 saturated heterocycles. The highest BCUT2D eigenvalue weighted by molar-refractivity contribution is 6.21. The average Bonchev–Trinajstić information content (AvgIpc) is 2.95. The zero-order valence-corrected chi connectivity index (χ0v) is 16.4. The van der Waals surface area contributed by atoms with Gasteiger partial charge in [-0.25, -0.2) is 4.79 Å². The molecule has 1 aliphatic heterocycles. The van der Waals surface area contributed by atoms with Crippen LogP contribution in [0, 0.1) is 6.92 Å². The van der Waals surface area contributed by atoms with Crippen molar-refractivity contribution in [3.8, 4) is 0 Å². The summed E-state index contributed by atoms with van der Waals surface area (Å²) in [6.07, 6.45) is 0.518. The lowest BCUT2D eigenvalue weighted by atomic mass is 10.1. The van der Waals surface area contributed by atoms with Crippen LogP contribution in [0.5, 0.6) is 0 Å². The van der Waals surface area contributed by atoms with Crippen molar-refractivity contribution in [3.05, 3.63) is 64.7 Å². The fourth-order valence-corrected chi connectivity index (χ4v) is 3.20. The van der Waals surface area contributed by atoms with Gasteiger partial charge in [-0.1, -0.05) is 12.1 Å². The van der Waals surface area contributed by atoms with Crippen molar-refractivity contribution in [2.45, 2.75) is 26.7 Å². The van der Waals surface area contributed by atoms with E-state index >= 15 is 0 Å². The molecule has 1 N–H and O–H groups in total. The zero-order chi connectivity index (χ0) is 21.0. The van der Waals surface area contributed by atoms with E-state index in [9.17, 15) is 19.2 Å². The molecule has 150 valence electrons. The van der Waals surface area contributed by atoms with E-state index in [0.717, 1.165) is 5.56 Å². The van der Waals surface area contributed by atoms with Crippen LogP contribution in [0.15, 0.2) is 42.5 Å². The Balaban J connectivity index is 1.53. The van der Waals surface area contributed by atoms with E-state index in [4.69, 9.17) is 4.74 Å². The van der Waals surface area contributed by atoms with Crippen LogP contribution in [-0.4, -0.2) is 41.7 Å². The van der Waals surface area contributed by atoms with Crippen molar-refractivity contribution in [2.75, 3.05) is 18.5 Å². The number of nitrogens with zero attached hydrogens (tertiary/aromatic N) is 1. The number of hydrogen-bond donors (Lipinski definition) is 1. The first-order valence-corrected chi connectivity index (χ1v) is 9.45. The van der Waals surface area contributed by atoms with Gasteiger partial charge in [-0.05, 0) is 56.2 Å². The maximum atomic E-state index is 12.3. The van der Waals surface area contributed by atoms with E-state index in [1.807, 2.05) is 0 Å². The number of imide groups is 1. The summed E-state index contributed by atoms with van der Waals surface area (Å²) in [6, 6.07) is 11.6. The molecule has 2 aromatic rings. The number of nitrogens with one attached hydrogen (secondary N) is 1. The number of carbonyl (C=O) groups excluding carboxylic acids is 4. The highest BCUT2D eigenvalue weighted by atomic mass is 16.5. The van der Waals surface area contributed by atoms with Gasteiger partial charge in [0.1, 0.15) is 0 Å². The molecule has 3 amide bonds. The lowest BCUT2D eigenvalue weighted by Crippen LogP contribution is -2.31. The molecule has 0 unspecified atom stereocenters. The second-order valence-electron chi connectivity index (χ2n) is 6.71. The topological polar surface area (TPSA) is 92.8 Å². The van der Waals surface area contributed by atoms with Crippen LogP contribution < -0.4 is 5.32 Å². The van der Waals surface area contributed by atoms with Crippen molar-refractivity contribution in [2.24, 2.45) is 0 Å². The first kappa shape index (κ1) is 20.3. The third-order valence-electron chi connectivity index (χ3n) is 4.68. The molecule has 7 heteroatoms. The quantitative estimate of drug-likeness (QED) is 0.575. The summed E-state index contributed by atoms with van der Waals surface area (Å²) in [5.74, 6) is -1.28. The number of carbonyl (C=O) groups is 4. The van der Waals surface area contributed by atoms with Gasteiger partial charge in [0.2, 0.25) is 5.91 Å². The van der Waals surface area contributed by atoms with E-state index in [2.05, 4.69) is 5.32 Å². The maximum Gasteiger partial charge on any atom is 0.338 e. The third kappa shape index (κ3) is 4.34. The van der Waals surface area contributed by atoms with E-state index in [1.54, 1.807) is 56.3 Å². The molecule has 7 nitrogen and oxygen atoms in total. The van der Waals surface area contributed by atoms with Crippen LogP contribution in [0.1, 0.15) is 56.4 Å². The predicted octanol–water partition coefficient (Wildman–Crippen LogP) is 3.19. The molecule has 0 saturated carbocycles. The van der Waals surface area contributed by atoms with E-state index in [1.165, 1.54) is 4.90 Å². The summed E-state index contributed by atoms with van der Waals surface area (Å²) in [5.41, 5.74) is 2.57. The first-order chi connectivity index (χ1) is 13.9. The van der Waals surface area contributed by atoms with Gasteiger partial charge in [0, 0.05) is 18.7 Å². The molecule has 0 fully saturated rings. The van der Waals surface area contributed by atoms with Crippen molar-refractivity contribution < 1.29 is 23.9 Å². The van der Waals surface area contributed by atoms with Gasteiger partial charge in [-0.3, -0.25) is 19.3 Å². The Morgan fingerprint density at radius 1 is 1.03 bits per heavy atom. The van der Waals surface area contributed by atoms with Gasteiger partial charge < -0.3 is 10.1 Å². The van der Waals surface area contributed by atoms with Gasteiger partial charge in [-0.2, -0.15) is 0 Å². The SMILES string of the molecule is CCOC(=O)c1ccc(NC(=O)CCCN2C(=O)c3ccccc3C2=O)c(C)c1. The molecule has 0 aromatic heterocycles. The molecule has 0 radical (unpaired) electrons. The molecule has 1 aliphatic rings. The summed E-state index contributed by atoms with van der Waals surface area (Å²) in [6.45, 7) is 4.00. The minimum absolute atomic E-state index is 0.159. The number of esters is 1. The van der Waals surface area contributed by atoms with Crippen molar-refractivity contribution in [3.63, 3.8) is 0 Å². The van der Waals surface area contributed by atoms with Crippen LogP contribution in [0.4, 0.5) is 5.69 Å². The molecular weight excluding hydrogens is 372 g/mol. The Morgan fingerprint density at radius 2 is 1.69 bits per heavy atom. The first-order valence-electron chi connectivity index (χ1n) is 9.45. The Hall–Kier alpha value is -3.48. The Bertz CT molecular complexity index is 948. The van der Waals surface area contributed by atoms with E-state index in [0.29, 0.717) is 35.4 Å². The van der Waals surface area contributed by atoms with Crippen LogP contribution >= 0.6 is 0 Å². The summed E-state index contributed by atoms with van der Waals surface area (Å²) < 4.78 is 4.96. The van der Waals surface area contributed by atoms with Crippen molar-refractivity contribution in [1.82, 2.24) is 4.90 Å². The highest BCUT2D eigenvalue weighted by Crippen LogP contribution is 2.23. The van der Waals surface area contributed by atoms with Gasteiger partial charge in [0.05, 0.1) is 23.3 Å². The summed E-state index contributed by atoms with van der Waals surface area (Å²) in [4.78, 5) is 49.8. The van der Waals surface area contributed by atoms with E-state index in [-0.39, 0.29) is 30.7 Å². The predicted molar refractivity (Wildman–Crippen MR) is 107 cm³/mol. The number of hydrogen-bond acceptors (Lipinski definition) is 5. The van der Waals surface area contributed by atoms with Crippen LogP contribution in [-0.2, 0) is 9.53 Å². The largest absolute Gasteiger partial charge is 0.462 e. The summed E-state index contributed by atoms with van der Waals surface area (Å²) in [7, 11) is 0. The Labute approximate surface area is 168 Å². The fourth-order valence-electron chi connectivity index (χ4n) is 3.20. The second-order valence-corrected chi connectivity index (χ2v) is 6.71. The molecule has 1 heterocycles. The molecule has 0 atom stereocenters. The minimum atomic E-state index is -0.408. The van der Waals surface area contributed by atoms with Gasteiger partial charge >= 0.3 is 5.97 Å². The zero-order valence-electron chi connectivity index (χ0n) is 16.4. The fraction of sp³-hybridized carbons (Fsp3) is 0.273. The Kier molecular flexibility index (Phi) is 6.07. The molecule has 0 bridgehead atoms. The van der Waals surface area contributed by atoms with E-state index < -0.39 is 5.97 Å². The maximum absolute atomic E-state index is 12.3. The number of rotatable bonds is 7. The van der Waals surface area contributed by atoms with Crippen molar-refractivity contribution in [1.29, 1.82) is 0 Å². The molecule has 3 rings (SSSR count). The normalized spacial score (nSPS) is 12.7. The molecular formula is C22H22N2O5. The third-order valence-corrected chi connectivity index (χ3v) is 4.68. The van der Waals surface area contributed by atoms with Crippen LogP contribution in [0.2, 0.25) is 0 Å². The van der Waals surface area contributed by atoms with Crippen LogP contribution in [0.25, 0.3) is 0 Å². The highest BCUT2D eigenvalue weighted by Gasteiger charge is 2.34. The molecule has 29 heavy (non-hydrogen) atoms. The summed E-state index contributed by atoms with van der Waals surface area (Å²) >= 11 is 0. The van der Waals surface area contributed by atoms with Crippen molar-refractivity contribution >= 4 is 29.4 Å². The lowest BCUT2D eigenvalue weighted by Gasteiger charge is -2.14. The lowest BCUT2D eigenvalue weighted by molar-refractivity contribution is -0.116. The Morgan fingerprint density at radius 3 is 2.28 bits per heavy atom. The molecule has 0 spiro atoms. The molecule has 0 aliphatic carbocycles. The number of ether oxygens (including phenoxy) is 1. The van der Waals surface area contributed by atoms with Gasteiger partial charge in [0.15, 0.2) is 0 Å². The number of amides is 3. The monoisotopic (exact) mass is 394 g/mol. The average molecular weight is 394 g/mol. The van der Waals surface area contributed by atoms with Gasteiger partial charge in [-0.15, -0.1) is 0 Å². The number of fused-ring (bicyclic) bond motifs is 1. The smallest absolute Gasteiger partial charge is 0.338 e. The van der Waals surface area contributed by atoms with Crippen LogP contribution in [0.3, 0.4) is 0 Å². The molecule has 2 aromatic carbocycles. The van der Waals surface area contributed by atoms with Gasteiger partial charge in [0.25, 0.3) is 11.8 Å². The second kappa shape index (κ2) is 8.68. The standard InChI is InChI=1S/C22H22N2O5/c1-3-29-22(28)15-10-11-18(14(2)13-15)23-19(25)9-6-12-24-20(26)16-7-4-5-8-17(16)21(24)27/h4-5,7-8,10-11,13H,3,6,9,12H2,1-2H3,(H,23,25). The number of aryl methyl sites for hydroxylation is 1.